The van der Waals surface area contributed by atoms with E-state index in [1.54, 1.807) is 48.5 Å². The van der Waals surface area contributed by atoms with Crippen molar-refractivity contribution in [3.05, 3.63) is 81.0 Å². The van der Waals surface area contributed by atoms with Gasteiger partial charge in [0.15, 0.2) is 0 Å². The highest BCUT2D eigenvalue weighted by Gasteiger charge is 2.29. The fourth-order valence-electron chi connectivity index (χ4n) is 3.64. The number of H-pyrrole nitrogens is 1. The molecule has 0 aliphatic rings. The summed E-state index contributed by atoms with van der Waals surface area (Å²) in [5.41, 5.74) is 4.57. The van der Waals surface area contributed by atoms with Crippen molar-refractivity contribution in [3.63, 3.8) is 0 Å². The number of rotatable bonds is 10. The third-order valence-electron chi connectivity index (χ3n) is 5.31. The Balaban J connectivity index is 1.95. The molecule has 34 heavy (non-hydrogen) atoms. The summed E-state index contributed by atoms with van der Waals surface area (Å²) < 4.78 is 0.818. The molecule has 0 unspecified atom stereocenters. The average Bonchev–Trinajstić information content (AvgIpc) is 2.80. The van der Waals surface area contributed by atoms with Crippen LogP contribution in [0.4, 0.5) is 4.79 Å². The first-order chi connectivity index (χ1) is 16.3. The number of benzene rings is 2. The van der Waals surface area contributed by atoms with Crippen LogP contribution >= 0.6 is 0 Å². The van der Waals surface area contributed by atoms with Crippen molar-refractivity contribution >= 4 is 28.8 Å². The monoisotopic (exact) mass is 467 g/mol. The van der Waals surface area contributed by atoms with Crippen LogP contribution in [0, 0.1) is 0 Å². The molecule has 11 heteroatoms. The molecular formula is C23H25N5O6. The molecule has 0 saturated carbocycles. The van der Waals surface area contributed by atoms with Crippen molar-refractivity contribution in [1.82, 2.24) is 20.2 Å². The van der Waals surface area contributed by atoms with Gasteiger partial charge in [-0.15, -0.1) is 0 Å². The molecular weight excluding hydrogens is 442 g/mol. The van der Waals surface area contributed by atoms with Crippen LogP contribution in [0.15, 0.2) is 64.2 Å². The van der Waals surface area contributed by atoms with E-state index in [4.69, 9.17) is 5.73 Å². The van der Waals surface area contributed by atoms with E-state index in [-0.39, 0.29) is 31.2 Å². The molecule has 1 heterocycles. The first-order valence-electron chi connectivity index (χ1n) is 10.6. The molecule has 0 fully saturated rings. The second kappa shape index (κ2) is 10.9. The Labute approximate surface area is 193 Å². The molecule has 178 valence electrons. The summed E-state index contributed by atoms with van der Waals surface area (Å²) in [5, 5.41) is 14.6. The second-order valence-corrected chi connectivity index (χ2v) is 7.69. The van der Waals surface area contributed by atoms with Crippen LogP contribution in [-0.4, -0.2) is 45.2 Å². The summed E-state index contributed by atoms with van der Waals surface area (Å²) in [6.45, 7) is 0.131. The fraction of sp³-hybridized carbons (Fsp3) is 0.261. The Morgan fingerprint density at radius 2 is 1.71 bits per heavy atom. The van der Waals surface area contributed by atoms with Gasteiger partial charge in [-0.05, 0) is 30.5 Å². The first kappa shape index (κ1) is 24.2. The van der Waals surface area contributed by atoms with Gasteiger partial charge >= 0.3 is 17.7 Å². The largest absolute Gasteiger partial charge is 0.480 e. The molecule has 0 saturated heterocycles. The van der Waals surface area contributed by atoms with Gasteiger partial charge in [-0.3, -0.25) is 9.59 Å². The van der Waals surface area contributed by atoms with E-state index in [9.17, 15) is 29.1 Å². The molecule has 11 nitrogen and oxygen atoms in total. The van der Waals surface area contributed by atoms with Crippen molar-refractivity contribution < 1.29 is 19.5 Å². The minimum atomic E-state index is -1.30. The number of hydrogen-bond donors (Lipinski definition) is 5. The lowest BCUT2D eigenvalue weighted by Crippen LogP contribution is -2.49. The van der Waals surface area contributed by atoms with Gasteiger partial charge in [0.2, 0.25) is 5.91 Å². The number of amides is 3. The van der Waals surface area contributed by atoms with Gasteiger partial charge in [-0.1, -0.05) is 42.5 Å². The molecule has 0 spiro atoms. The van der Waals surface area contributed by atoms with E-state index in [1.807, 2.05) is 0 Å². The molecule has 3 aromatic rings. The summed E-state index contributed by atoms with van der Waals surface area (Å²) in [6.07, 6.45) is 0.228. The lowest BCUT2D eigenvalue weighted by Gasteiger charge is -2.22. The number of primary amides is 1. The highest BCUT2D eigenvalue weighted by atomic mass is 16.4. The molecule has 0 radical (unpaired) electrons. The van der Waals surface area contributed by atoms with E-state index < -0.39 is 41.2 Å². The van der Waals surface area contributed by atoms with Crippen LogP contribution < -0.4 is 27.6 Å². The Bertz CT molecular complexity index is 1300. The van der Waals surface area contributed by atoms with Crippen LogP contribution in [0.25, 0.3) is 10.9 Å². The van der Waals surface area contributed by atoms with E-state index in [0.29, 0.717) is 11.1 Å². The summed E-state index contributed by atoms with van der Waals surface area (Å²) in [7, 11) is 0. The molecule has 3 amide bonds. The van der Waals surface area contributed by atoms with Crippen molar-refractivity contribution in [3.8, 4) is 0 Å². The lowest BCUT2D eigenvalue weighted by atomic mass is 10.0. The zero-order valence-corrected chi connectivity index (χ0v) is 18.2. The molecule has 0 bridgehead atoms. The topological polar surface area (TPSA) is 176 Å². The van der Waals surface area contributed by atoms with Crippen molar-refractivity contribution in [2.45, 2.75) is 31.3 Å². The maximum Gasteiger partial charge on any atom is 0.329 e. The number of aromatic amines is 1. The minimum Gasteiger partial charge on any atom is -0.480 e. The van der Waals surface area contributed by atoms with Gasteiger partial charge in [-0.25, -0.2) is 19.0 Å². The quantitative estimate of drug-likeness (QED) is 0.271. The van der Waals surface area contributed by atoms with E-state index in [2.05, 4.69) is 15.6 Å². The maximum atomic E-state index is 13.3. The lowest BCUT2D eigenvalue weighted by molar-refractivity contribution is -0.142. The number of fused-ring (bicyclic) bond motifs is 1. The number of nitrogens with one attached hydrogen (secondary N) is 3. The smallest absolute Gasteiger partial charge is 0.329 e. The standard InChI is InChI=1S/C23H25N5O6/c24-22(33)25-12-6-11-17(21(31)32)26-19(29)18(13-14-7-2-1-3-8-14)28-20(30)15-9-4-5-10-16(15)27-23(28)34/h1-5,7-10,17-18H,6,11-13H2,(H,26,29)(H,27,34)(H,31,32)(H3,24,25,33)/t17-,18+/m0/s1. The Kier molecular flexibility index (Phi) is 7.80. The number of carboxylic acids is 1. The zero-order chi connectivity index (χ0) is 24.7. The Morgan fingerprint density at radius 3 is 2.38 bits per heavy atom. The number of nitrogens with zero attached hydrogens (tertiary/aromatic N) is 1. The molecule has 2 atom stereocenters. The minimum absolute atomic E-state index is 0.00237. The van der Waals surface area contributed by atoms with Crippen LogP contribution in [-0.2, 0) is 16.0 Å². The predicted octanol–water partition coefficient (Wildman–Crippen LogP) is 0.492. The number of carboxylic acid groups (broad SMARTS) is 1. The summed E-state index contributed by atoms with van der Waals surface area (Å²) >= 11 is 0. The number of para-hydroxylation sites is 1. The van der Waals surface area contributed by atoms with Gasteiger partial charge in [0.25, 0.3) is 5.56 Å². The van der Waals surface area contributed by atoms with Crippen molar-refractivity contribution in [1.29, 1.82) is 0 Å². The number of hydrogen-bond acceptors (Lipinski definition) is 5. The normalized spacial score (nSPS) is 12.6. The molecule has 0 aliphatic carbocycles. The highest BCUT2D eigenvalue weighted by Crippen LogP contribution is 2.14. The third-order valence-corrected chi connectivity index (χ3v) is 5.31. The Hall–Kier alpha value is -4.41. The van der Waals surface area contributed by atoms with Crippen LogP contribution in [0.3, 0.4) is 0 Å². The molecule has 0 aliphatic heterocycles. The first-order valence-corrected chi connectivity index (χ1v) is 10.6. The van der Waals surface area contributed by atoms with E-state index in [1.165, 1.54) is 6.07 Å². The van der Waals surface area contributed by atoms with Gasteiger partial charge < -0.3 is 26.5 Å². The van der Waals surface area contributed by atoms with Crippen molar-refractivity contribution in [2.24, 2.45) is 5.73 Å². The summed E-state index contributed by atoms with van der Waals surface area (Å²) in [4.78, 5) is 64.4. The number of carbonyl (C=O) groups is 3. The summed E-state index contributed by atoms with van der Waals surface area (Å²) in [6, 6.07) is 11.9. The fourth-order valence-corrected chi connectivity index (χ4v) is 3.64. The van der Waals surface area contributed by atoms with Gasteiger partial charge in [0, 0.05) is 13.0 Å². The van der Waals surface area contributed by atoms with Gasteiger partial charge in [0.1, 0.15) is 12.1 Å². The van der Waals surface area contributed by atoms with Crippen LogP contribution in [0.1, 0.15) is 24.4 Å². The SMILES string of the molecule is NC(=O)NCCC[C@H](NC(=O)[C@@H](Cc1ccccc1)n1c(=O)[nH]c2ccccc2c1=O)C(=O)O. The zero-order valence-electron chi connectivity index (χ0n) is 18.2. The van der Waals surface area contributed by atoms with E-state index in [0.717, 1.165) is 4.57 Å². The molecule has 3 rings (SSSR count). The molecule has 2 aromatic carbocycles. The second-order valence-electron chi connectivity index (χ2n) is 7.69. The van der Waals surface area contributed by atoms with Gasteiger partial charge in [0.05, 0.1) is 10.9 Å². The maximum absolute atomic E-state index is 13.3. The Morgan fingerprint density at radius 1 is 1.03 bits per heavy atom. The predicted molar refractivity (Wildman–Crippen MR) is 124 cm³/mol. The number of nitrogens with two attached hydrogens (primary N) is 1. The van der Waals surface area contributed by atoms with Gasteiger partial charge in [-0.2, -0.15) is 0 Å². The highest BCUT2D eigenvalue weighted by molar-refractivity contribution is 5.86. The summed E-state index contributed by atoms with van der Waals surface area (Å²) in [5.74, 6) is -2.08. The number of carbonyl (C=O) groups excluding carboxylic acids is 2. The van der Waals surface area contributed by atoms with Crippen LogP contribution in [0.5, 0.6) is 0 Å². The van der Waals surface area contributed by atoms with E-state index >= 15 is 0 Å². The third kappa shape index (κ3) is 5.88. The number of urea groups is 1. The molecule has 1 aromatic heterocycles. The number of aliphatic carboxylic acids is 1. The average molecular weight is 467 g/mol. The molecule has 6 N–H and O–H groups in total. The van der Waals surface area contributed by atoms with Crippen molar-refractivity contribution in [2.75, 3.05) is 6.54 Å². The van der Waals surface area contributed by atoms with Crippen LogP contribution in [0.2, 0.25) is 0 Å². The number of aromatic nitrogens is 2.